The topological polar surface area (TPSA) is 33.2 Å². The Morgan fingerprint density at radius 1 is 1.50 bits per heavy atom. The second kappa shape index (κ2) is 5.71. The molecule has 0 radical (unpaired) electrons. The predicted molar refractivity (Wildman–Crippen MR) is 71.2 cm³/mol. The van der Waals surface area contributed by atoms with Crippen LogP contribution in [0.2, 0.25) is 0 Å². The van der Waals surface area contributed by atoms with E-state index in [4.69, 9.17) is 0 Å². The molecule has 1 aromatic heterocycles. The van der Waals surface area contributed by atoms with Crippen LogP contribution in [0.4, 0.5) is 13.2 Å². The predicted octanol–water partition coefficient (Wildman–Crippen LogP) is 3.65. The number of rotatable bonds is 4. The minimum Gasteiger partial charge on any atom is -0.327 e. The minimum atomic E-state index is -4.40. The summed E-state index contributed by atoms with van der Waals surface area (Å²) < 4.78 is 38.6. The van der Waals surface area contributed by atoms with Crippen LogP contribution in [0.15, 0.2) is 22.9 Å². The highest BCUT2D eigenvalue weighted by Gasteiger charge is 2.40. The maximum absolute atomic E-state index is 12.7. The average molecular weight is 351 g/mol. The quantitative estimate of drug-likeness (QED) is 0.830. The Balaban J connectivity index is 2.23. The van der Waals surface area contributed by atoms with E-state index in [0.717, 1.165) is 17.7 Å². The van der Waals surface area contributed by atoms with E-state index in [9.17, 15) is 18.0 Å². The molecule has 0 aromatic carbocycles. The molecule has 3 nitrogen and oxygen atoms in total. The van der Waals surface area contributed by atoms with E-state index in [-0.39, 0.29) is 11.5 Å². The van der Waals surface area contributed by atoms with Gasteiger partial charge in [0.15, 0.2) is 0 Å². The summed E-state index contributed by atoms with van der Waals surface area (Å²) in [5.41, 5.74) is 0.163. The Bertz CT molecular complexity index is 503. The third kappa shape index (κ3) is 3.94. The SMILES string of the molecule is C[C@H](C1CC1)N(CC(F)(F)F)C(=O)c1cncc(Br)c1. The number of carbonyl (C=O) groups excluding carboxylic acids is 1. The lowest BCUT2D eigenvalue weighted by molar-refractivity contribution is -0.144. The molecule has 20 heavy (non-hydrogen) atoms. The molecule has 0 spiro atoms. The second-order valence-corrected chi connectivity index (χ2v) is 5.93. The van der Waals surface area contributed by atoms with Gasteiger partial charge in [0.25, 0.3) is 5.91 Å². The molecule has 1 aromatic rings. The Hall–Kier alpha value is -1.11. The van der Waals surface area contributed by atoms with Crippen LogP contribution in [0, 0.1) is 5.92 Å². The van der Waals surface area contributed by atoms with E-state index >= 15 is 0 Å². The first-order chi connectivity index (χ1) is 9.28. The highest BCUT2D eigenvalue weighted by Crippen LogP contribution is 2.36. The molecule has 0 aliphatic heterocycles. The zero-order valence-electron chi connectivity index (χ0n) is 10.8. The lowest BCUT2D eigenvalue weighted by Gasteiger charge is -2.30. The van der Waals surface area contributed by atoms with Crippen LogP contribution >= 0.6 is 15.9 Å². The van der Waals surface area contributed by atoms with Crippen molar-refractivity contribution in [2.45, 2.75) is 32.0 Å². The van der Waals surface area contributed by atoms with Gasteiger partial charge in [-0.25, -0.2) is 0 Å². The summed E-state index contributed by atoms with van der Waals surface area (Å²) in [7, 11) is 0. The van der Waals surface area contributed by atoms with Crippen LogP contribution < -0.4 is 0 Å². The molecule has 2 rings (SSSR count). The van der Waals surface area contributed by atoms with Crippen LogP contribution in [-0.2, 0) is 0 Å². The number of carbonyl (C=O) groups is 1. The van der Waals surface area contributed by atoms with Gasteiger partial charge >= 0.3 is 6.18 Å². The van der Waals surface area contributed by atoms with E-state index in [1.54, 1.807) is 6.92 Å². The summed E-state index contributed by atoms with van der Waals surface area (Å²) in [6.07, 6.45) is 0.114. The average Bonchev–Trinajstić information content (AvgIpc) is 3.17. The van der Waals surface area contributed by atoms with E-state index in [2.05, 4.69) is 20.9 Å². The molecule has 1 fully saturated rings. The van der Waals surface area contributed by atoms with E-state index in [1.165, 1.54) is 18.5 Å². The first-order valence-corrected chi connectivity index (χ1v) is 7.05. The molecule has 0 saturated heterocycles. The summed E-state index contributed by atoms with van der Waals surface area (Å²) in [6.45, 7) is 0.447. The molecule has 0 unspecified atom stereocenters. The van der Waals surface area contributed by atoms with Crippen LogP contribution in [0.3, 0.4) is 0 Å². The number of pyridine rings is 1. The van der Waals surface area contributed by atoms with Gasteiger partial charge in [0, 0.05) is 22.9 Å². The Morgan fingerprint density at radius 3 is 2.65 bits per heavy atom. The summed E-state index contributed by atoms with van der Waals surface area (Å²) in [5, 5.41) is 0. The number of hydrogen-bond donors (Lipinski definition) is 0. The monoisotopic (exact) mass is 350 g/mol. The van der Waals surface area contributed by atoms with Gasteiger partial charge in [0.05, 0.1) is 5.56 Å². The van der Waals surface area contributed by atoms with Crippen molar-refractivity contribution < 1.29 is 18.0 Å². The molecule has 1 amide bonds. The molecule has 1 saturated carbocycles. The normalized spacial score (nSPS) is 16.9. The van der Waals surface area contributed by atoms with Crippen LogP contribution in [-0.4, -0.2) is 34.6 Å². The van der Waals surface area contributed by atoms with Crippen molar-refractivity contribution in [1.29, 1.82) is 0 Å². The number of hydrogen-bond acceptors (Lipinski definition) is 2. The third-order valence-corrected chi connectivity index (χ3v) is 3.79. The summed E-state index contributed by atoms with van der Waals surface area (Å²) in [5.74, 6) is -0.461. The summed E-state index contributed by atoms with van der Waals surface area (Å²) >= 11 is 3.16. The molecular formula is C13H14BrF3N2O. The standard InChI is InChI=1S/C13H14BrF3N2O/c1-8(9-2-3-9)19(7-13(15,16)17)12(20)10-4-11(14)6-18-5-10/h4-6,8-9H,2-3,7H2,1H3/t8-/m1/s1. The van der Waals surface area contributed by atoms with E-state index in [0.29, 0.717) is 4.47 Å². The first kappa shape index (κ1) is 15.3. The highest BCUT2D eigenvalue weighted by molar-refractivity contribution is 9.10. The number of aromatic nitrogens is 1. The third-order valence-electron chi connectivity index (χ3n) is 3.36. The first-order valence-electron chi connectivity index (χ1n) is 6.26. The maximum Gasteiger partial charge on any atom is 0.406 e. The molecule has 1 aliphatic carbocycles. The number of halogens is 4. The zero-order valence-corrected chi connectivity index (χ0v) is 12.4. The fourth-order valence-corrected chi connectivity index (χ4v) is 2.49. The molecule has 7 heteroatoms. The summed E-state index contributed by atoms with van der Waals surface area (Å²) in [4.78, 5) is 17.0. The molecule has 1 atom stereocenters. The van der Waals surface area contributed by atoms with Crippen LogP contribution in [0.5, 0.6) is 0 Å². The van der Waals surface area contributed by atoms with Crippen molar-refractivity contribution in [3.8, 4) is 0 Å². The largest absolute Gasteiger partial charge is 0.406 e. The van der Waals surface area contributed by atoms with Crippen molar-refractivity contribution in [3.05, 3.63) is 28.5 Å². The molecule has 0 N–H and O–H groups in total. The second-order valence-electron chi connectivity index (χ2n) is 5.02. The molecule has 110 valence electrons. The Morgan fingerprint density at radius 2 is 2.15 bits per heavy atom. The Kier molecular flexibility index (Phi) is 4.36. The van der Waals surface area contributed by atoms with Crippen molar-refractivity contribution in [2.75, 3.05) is 6.54 Å². The van der Waals surface area contributed by atoms with E-state index < -0.39 is 24.7 Å². The molecule has 0 bridgehead atoms. The lowest BCUT2D eigenvalue weighted by atomic mass is 10.1. The van der Waals surface area contributed by atoms with Gasteiger partial charge in [-0.2, -0.15) is 13.2 Å². The van der Waals surface area contributed by atoms with Gasteiger partial charge < -0.3 is 4.90 Å². The number of alkyl halides is 3. The molecule has 1 aliphatic rings. The number of amides is 1. The fourth-order valence-electron chi connectivity index (χ4n) is 2.12. The van der Waals surface area contributed by atoms with Crippen molar-refractivity contribution in [2.24, 2.45) is 5.92 Å². The summed E-state index contributed by atoms with van der Waals surface area (Å²) in [6, 6.07) is 1.07. The zero-order chi connectivity index (χ0) is 14.9. The molecule has 1 heterocycles. The van der Waals surface area contributed by atoms with Gasteiger partial charge in [-0.3, -0.25) is 9.78 Å². The molecular weight excluding hydrogens is 337 g/mol. The van der Waals surface area contributed by atoms with Gasteiger partial charge in [-0.15, -0.1) is 0 Å². The van der Waals surface area contributed by atoms with E-state index in [1.807, 2.05) is 0 Å². The number of nitrogens with zero attached hydrogens (tertiary/aromatic N) is 2. The smallest absolute Gasteiger partial charge is 0.327 e. The van der Waals surface area contributed by atoms with Crippen molar-refractivity contribution >= 4 is 21.8 Å². The Labute approximate surface area is 123 Å². The van der Waals surface area contributed by atoms with Gasteiger partial charge in [-0.05, 0) is 47.7 Å². The van der Waals surface area contributed by atoms with Crippen molar-refractivity contribution in [1.82, 2.24) is 9.88 Å². The van der Waals surface area contributed by atoms with Gasteiger partial charge in [0.1, 0.15) is 6.54 Å². The van der Waals surface area contributed by atoms with Crippen LogP contribution in [0.1, 0.15) is 30.1 Å². The van der Waals surface area contributed by atoms with Gasteiger partial charge in [0.2, 0.25) is 0 Å². The minimum absolute atomic E-state index is 0.163. The van der Waals surface area contributed by atoms with Crippen molar-refractivity contribution in [3.63, 3.8) is 0 Å². The van der Waals surface area contributed by atoms with Gasteiger partial charge in [-0.1, -0.05) is 0 Å². The fraction of sp³-hybridized carbons (Fsp3) is 0.538. The maximum atomic E-state index is 12.7. The highest BCUT2D eigenvalue weighted by atomic mass is 79.9. The lowest BCUT2D eigenvalue weighted by Crippen LogP contribution is -2.45. The van der Waals surface area contributed by atoms with Crippen LogP contribution in [0.25, 0.3) is 0 Å².